The Hall–Kier alpha value is -2.04. The minimum atomic E-state index is -0.650. The van der Waals surface area contributed by atoms with Gasteiger partial charge in [-0.05, 0) is 63.4 Å². The van der Waals surface area contributed by atoms with E-state index >= 15 is 0 Å². The van der Waals surface area contributed by atoms with Gasteiger partial charge in [0.25, 0.3) is 0 Å². The summed E-state index contributed by atoms with van der Waals surface area (Å²) in [4.78, 5) is 27.7. The third-order valence-electron chi connectivity index (χ3n) is 4.66. The molecule has 2 rings (SSSR count). The first-order valence-corrected chi connectivity index (χ1v) is 10.3. The van der Waals surface area contributed by atoms with Gasteiger partial charge in [-0.3, -0.25) is 9.59 Å². The average Bonchev–Trinajstić information content (AvgIpc) is 2.62. The van der Waals surface area contributed by atoms with Crippen molar-refractivity contribution in [3.63, 3.8) is 0 Å². The molecule has 0 bridgehead atoms. The quantitative estimate of drug-likeness (QED) is 0.680. The summed E-state index contributed by atoms with van der Waals surface area (Å²) in [5, 5.41) is 3.83. The Balaban J connectivity index is 2.34. The van der Waals surface area contributed by atoms with Crippen LogP contribution in [-0.2, 0) is 22.6 Å². The molecule has 0 aliphatic rings. The zero-order valence-electron chi connectivity index (χ0n) is 17.6. The highest BCUT2D eigenvalue weighted by Crippen LogP contribution is 2.26. The summed E-state index contributed by atoms with van der Waals surface area (Å²) in [5.41, 5.74) is 2.22. The number of carbonyl (C=O) groups excluding carboxylic acids is 2. The molecule has 0 aromatic heterocycles. The van der Waals surface area contributed by atoms with E-state index < -0.39 is 11.6 Å². The Kier molecular flexibility index (Phi) is 7.73. The van der Waals surface area contributed by atoms with Crippen LogP contribution in [0.2, 0.25) is 10.0 Å². The molecular formula is C23H28Cl2N2O2. The zero-order valence-corrected chi connectivity index (χ0v) is 19.1. The number of hydrogen-bond acceptors (Lipinski definition) is 2. The number of nitrogens with zero attached hydrogens (tertiary/aromatic N) is 1. The Morgan fingerprint density at radius 3 is 2.17 bits per heavy atom. The number of carbonyl (C=O) groups is 2. The highest BCUT2D eigenvalue weighted by atomic mass is 35.5. The molecular weight excluding hydrogens is 407 g/mol. The molecule has 156 valence electrons. The number of benzene rings is 2. The lowest BCUT2D eigenvalue weighted by molar-refractivity contribution is -0.140. The summed E-state index contributed by atoms with van der Waals surface area (Å²) in [6.07, 6.45) is 0.0253. The predicted molar refractivity (Wildman–Crippen MR) is 119 cm³/mol. The number of hydrogen-bond donors (Lipinski definition) is 1. The topological polar surface area (TPSA) is 49.4 Å². The van der Waals surface area contributed by atoms with Gasteiger partial charge in [-0.15, -0.1) is 0 Å². The molecule has 2 aromatic carbocycles. The second-order valence-corrected chi connectivity index (χ2v) is 9.05. The van der Waals surface area contributed by atoms with Crippen LogP contribution in [0.3, 0.4) is 0 Å². The number of nitrogens with one attached hydrogen (secondary N) is 1. The Morgan fingerprint density at radius 2 is 1.62 bits per heavy atom. The SMILES string of the molecule is Cc1ccccc1CN(C(=O)Cc1c(Cl)cccc1Cl)[C@@H](C)C(=O)NC(C)(C)C. The van der Waals surface area contributed by atoms with Crippen LogP contribution < -0.4 is 5.32 Å². The summed E-state index contributed by atoms with van der Waals surface area (Å²) in [6.45, 7) is 9.79. The summed E-state index contributed by atoms with van der Waals surface area (Å²) in [5.74, 6) is -0.412. The van der Waals surface area contributed by atoms with Crippen molar-refractivity contribution >= 4 is 35.0 Å². The first-order chi connectivity index (χ1) is 13.5. The van der Waals surface area contributed by atoms with Crippen molar-refractivity contribution in [2.75, 3.05) is 0 Å². The molecule has 0 radical (unpaired) electrons. The van der Waals surface area contributed by atoms with Crippen LogP contribution in [0.4, 0.5) is 0 Å². The van der Waals surface area contributed by atoms with Gasteiger partial charge in [0.15, 0.2) is 0 Å². The maximum atomic E-state index is 13.3. The summed E-state index contributed by atoms with van der Waals surface area (Å²) >= 11 is 12.5. The second kappa shape index (κ2) is 9.64. The lowest BCUT2D eigenvalue weighted by Gasteiger charge is -2.32. The van der Waals surface area contributed by atoms with Crippen LogP contribution in [0.5, 0.6) is 0 Å². The van der Waals surface area contributed by atoms with Crippen molar-refractivity contribution in [1.29, 1.82) is 0 Å². The van der Waals surface area contributed by atoms with Gasteiger partial charge in [0.2, 0.25) is 11.8 Å². The maximum absolute atomic E-state index is 13.3. The summed E-state index contributed by atoms with van der Waals surface area (Å²) < 4.78 is 0. The number of halogens is 2. The van der Waals surface area contributed by atoms with Crippen molar-refractivity contribution in [3.05, 3.63) is 69.2 Å². The molecule has 2 amide bonds. The van der Waals surface area contributed by atoms with E-state index in [2.05, 4.69) is 5.32 Å². The molecule has 0 aliphatic heterocycles. The maximum Gasteiger partial charge on any atom is 0.242 e. The van der Waals surface area contributed by atoms with Gasteiger partial charge >= 0.3 is 0 Å². The fourth-order valence-electron chi connectivity index (χ4n) is 2.98. The molecule has 0 aliphatic carbocycles. The Labute approximate surface area is 183 Å². The third kappa shape index (κ3) is 6.48. The molecule has 4 nitrogen and oxygen atoms in total. The molecule has 1 N–H and O–H groups in total. The van der Waals surface area contributed by atoms with Crippen LogP contribution in [-0.4, -0.2) is 28.3 Å². The molecule has 0 unspecified atom stereocenters. The van der Waals surface area contributed by atoms with E-state index in [9.17, 15) is 9.59 Å². The molecule has 29 heavy (non-hydrogen) atoms. The lowest BCUT2D eigenvalue weighted by atomic mass is 10.0. The predicted octanol–water partition coefficient (Wildman–Crippen LogP) is 5.18. The van der Waals surface area contributed by atoms with Crippen molar-refractivity contribution in [1.82, 2.24) is 10.2 Å². The van der Waals surface area contributed by atoms with Gasteiger partial charge in [0.1, 0.15) is 6.04 Å². The first kappa shape index (κ1) is 23.2. The minimum absolute atomic E-state index is 0.0253. The van der Waals surface area contributed by atoms with Gasteiger partial charge in [-0.25, -0.2) is 0 Å². The van der Waals surface area contributed by atoms with Gasteiger partial charge in [0.05, 0.1) is 6.42 Å². The van der Waals surface area contributed by atoms with Crippen molar-refractivity contribution in [2.45, 2.75) is 59.2 Å². The van der Waals surface area contributed by atoms with E-state index in [4.69, 9.17) is 23.2 Å². The average molecular weight is 435 g/mol. The van der Waals surface area contributed by atoms with Gasteiger partial charge in [-0.2, -0.15) is 0 Å². The molecule has 0 spiro atoms. The van der Waals surface area contributed by atoms with E-state index in [0.717, 1.165) is 11.1 Å². The van der Waals surface area contributed by atoms with Crippen LogP contribution in [0.1, 0.15) is 44.4 Å². The number of rotatable bonds is 6. The van der Waals surface area contributed by atoms with Gasteiger partial charge in [0, 0.05) is 22.1 Å². The number of aryl methyl sites for hydroxylation is 1. The molecule has 6 heteroatoms. The van der Waals surface area contributed by atoms with Gasteiger partial charge in [-0.1, -0.05) is 53.5 Å². The highest BCUT2D eigenvalue weighted by Gasteiger charge is 2.29. The Morgan fingerprint density at radius 1 is 1.03 bits per heavy atom. The number of amides is 2. The fraction of sp³-hybridized carbons (Fsp3) is 0.391. The highest BCUT2D eigenvalue weighted by molar-refractivity contribution is 6.36. The van der Waals surface area contributed by atoms with Crippen molar-refractivity contribution < 1.29 is 9.59 Å². The molecule has 0 heterocycles. The molecule has 0 saturated carbocycles. The fourth-order valence-corrected chi connectivity index (χ4v) is 3.51. The van der Waals surface area contributed by atoms with E-state index in [1.165, 1.54) is 0 Å². The molecule has 0 fully saturated rings. The molecule has 1 atom stereocenters. The van der Waals surface area contributed by atoms with Crippen LogP contribution >= 0.6 is 23.2 Å². The Bertz CT molecular complexity index is 870. The van der Waals surface area contributed by atoms with Crippen LogP contribution in [0.15, 0.2) is 42.5 Å². The second-order valence-electron chi connectivity index (χ2n) is 8.24. The summed E-state index contributed by atoms with van der Waals surface area (Å²) in [6, 6.07) is 12.3. The van der Waals surface area contributed by atoms with Gasteiger partial charge < -0.3 is 10.2 Å². The monoisotopic (exact) mass is 434 g/mol. The normalized spacial score (nSPS) is 12.4. The van der Waals surface area contributed by atoms with Crippen LogP contribution in [0.25, 0.3) is 0 Å². The van der Waals surface area contributed by atoms with Crippen molar-refractivity contribution in [2.24, 2.45) is 0 Å². The standard InChI is InChI=1S/C23H28Cl2N2O2/c1-15-9-6-7-10-17(15)14-27(16(2)22(29)26-23(3,4)5)21(28)13-18-19(24)11-8-12-20(18)25/h6-12,16H,13-14H2,1-5H3,(H,26,29)/t16-/m0/s1. The zero-order chi connectivity index (χ0) is 21.8. The molecule has 0 saturated heterocycles. The third-order valence-corrected chi connectivity index (χ3v) is 5.37. The van der Waals surface area contributed by atoms with E-state index in [0.29, 0.717) is 22.2 Å². The molecule has 2 aromatic rings. The largest absolute Gasteiger partial charge is 0.350 e. The first-order valence-electron chi connectivity index (χ1n) is 9.58. The van der Waals surface area contributed by atoms with E-state index in [1.807, 2.05) is 52.0 Å². The smallest absolute Gasteiger partial charge is 0.242 e. The summed E-state index contributed by atoms with van der Waals surface area (Å²) in [7, 11) is 0. The van der Waals surface area contributed by atoms with Crippen LogP contribution in [0, 0.1) is 6.92 Å². The van der Waals surface area contributed by atoms with E-state index in [-0.39, 0.29) is 18.2 Å². The van der Waals surface area contributed by atoms with Crippen molar-refractivity contribution in [3.8, 4) is 0 Å². The minimum Gasteiger partial charge on any atom is -0.350 e. The van der Waals surface area contributed by atoms with E-state index in [1.54, 1.807) is 30.0 Å². The lowest BCUT2D eigenvalue weighted by Crippen LogP contribution is -2.52.